The molecule has 1 aromatic rings. The smallest absolute Gasteiger partial charge is 0.337 e. The van der Waals surface area contributed by atoms with E-state index >= 15 is 0 Å². The molecule has 0 unspecified atom stereocenters. The number of ether oxygens (including phenoxy) is 1. The Morgan fingerprint density at radius 2 is 1.91 bits per heavy atom. The number of aliphatic carboxylic acids is 2. The van der Waals surface area contributed by atoms with Crippen LogP contribution in [0.2, 0.25) is 0 Å². The van der Waals surface area contributed by atoms with E-state index in [0.717, 1.165) is 13.2 Å². The number of rotatable bonds is 8. The van der Waals surface area contributed by atoms with Crippen LogP contribution in [-0.2, 0) is 24.3 Å². The van der Waals surface area contributed by atoms with Gasteiger partial charge in [-0.1, -0.05) is 6.07 Å². The molecule has 0 fully saturated rings. The van der Waals surface area contributed by atoms with Crippen molar-refractivity contribution in [3.63, 3.8) is 0 Å². The van der Waals surface area contributed by atoms with Crippen molar-refractivity contribution < 1.29 is 37.8 Å². The Kier molecular flexibility index (Phi) is 6.22. The minimum absolute atomic E-state index is 0.0206. The van der Waals surface area contributed by atoms with Gasteiger partial charge in [0.05, 0.1) is 17.6 Å². The van der Waals surface area contributed by atoms with Crippen molar-refractivity contribution >= 4 is 27.9 Å². The number of carbonyl (C=O) groups excluding carboxylic acids is 1. The first-order valence-electron chi connectivity index (χ1n) is 6.32. The number of hydrogen-bond acceptors (Lipinski definition) is 6. The Labute approximate surface area is 131 Å². The second-order valence-electron chi connectivity index (χ2n) is 4.46. The molecular formula is C13H15NO8S. The molecule has 1 aromatic carbocycles. The number of carboxylic acid groups (broad SMARTS) is 2. The van der Waals surface area contributed by atoms with E-state index in [1.165, 1.54) is 18.2 Å². The summed E-state index contributed by atoms with van der Waals surface area (Å²) in [4.78, 5) is 32.6. The number of methoxy groups -OCH3 is 1. The van der Waals surface area contributed by atoms with E-state index in [-0.39, 0.29) is 10.5 Å². The molecule has 10 heteroatoms. The molecule has 0 saturated heterocycles. The summed E-state index contributed by atoms with van der Waals surface area (Å²) in [5.41, 5.74) is -0.0206. The van der Waals surface area contributed by atoms with Crippen LogP contribution >= 0.6 is 0 Å². The third-order valence-electron chi connectivity index (χ3n) is 2.81. The van der Waals surface area contributed by atoms with Crippen LogP contribution < -0.4 is 4.72 Å². The lowest BCUT2D eigenvalue weighted by molar-refractivity contribution is -0.140. The number of carboxylic acids is 2. The number of carbonyl (C=O) groups is 3. The molecule has 0 aliphatic heterocycles. The average molecular weight is 345 g/mol. The molecule has 0 aliphatic carbocycles. The molecule has 0 aromatic heterocycles. The zero-order chi connectivity index (χ0) is 17.6. The highest BCUT2D eigenvalue weighted by Gasteiger charge is 2.26. The van der Waals surface area contributed by atoms with Crippen molar-refractivity contribution in [3.05, 3.63) is 29.8 Å². The van der Waals surface area contributed by atoms with Gasteiger partial charge in [0.1, 0.15) is 6.04 Å². The SMILES string of the molecule is COC(=O)c1cccc(S(=O)(=O)N[C@@H](CCC(=O)O)C(=O)O)c1. The van der Waals surface area contributed by atoms with Crippen LogP contribution in [0, 0.1) is 0 Å². The third-order valence-corrected chi connectivity index (χ3v) is 4.28. The van der Waals surface area contributed by atoms with Gasteiger partial charge in [-0.25, -0.2) is 13.2 Å². The largest absolute Gasteiger partial charge is 0.481 e. The van der Waals surface area contributed by atoms with Gasteiger partial charge in [-0.2, -0.15) is 4.72 Å². The lowest BCUT2D eigenvalue weighted by atomic mass is 10.2. The van der Waals surface area contributed by atoms with Crippen molar-refractivity contribution in [3.8, 4) is 0 Å². The van der Waals surface area contributed by atoms with E-state index in [4.69, 9.17) is 10.2 Å². The van der Waals surface area contributed by atoms with Crippen LogP contribution in [0.4, 0.5) is 0 Å². The van der Waals surface area contributed by atoms with E-state index in [0.29, 0.717) is 0 Å². The van der Waals surface area contributed by atoms with Crippen LogP contribution in [0.5, 0.6) is 0 Å². The first-order valence-corrected chi connectivity index (χ1v) is 7.81. The topological polar surface area (TPSA) is 147 Å². The first kappa shape index (κ1) is 18.6. The van der Waals surface area contributed by atoms with Gasteiger partial charge >= 0.3 is 17.9 Å². The summed E-state index contributed by atoms with van der Waals surface area (Å²) < 4.78 is 30.7. The molecule has 0 bridgehead atoms. The minimum Gasteiger partial charge on any atom is -0.481 e. The maximum absolute atomic E-state index is 12.2. The summed E-state index contributed by atoms with van der Waals surface area (Å²) in [5.74, 6) is -3.50. The monoisotopic (exact) mass is 345 g/mol. The predicted molar refractivity (Wildman–Crippen MR) is 76.4 cm³/mol. The van der Waals surface area contributed by atoms with E-state index in [9.17, 15) is 22.8 Å². The van der Waals surface area contributed by atoms with Crippen molar-refractivity contribution in [2.75, 3.05) is 7.11 Å². The van der Waals surface area contributed by atoms with Gasteiger partial charge in [0, 0.05) is 6.42 Å². The van der Waals surface area contributed by atoms with Gasteiger partial charge in [-0.05, 0) is 24.6 Å². The van der Waals surface area contributed by atoms with Crippen LogP contribution in [0.25, 0.3) is 0 Å². The Bertz CT molecular complexity index is 712. The summed E-state index contributed by atoms with van der Waals surface area (Å²) in [5, 5.41) is 17.5. The highest BCUT2D eigenvalue weighted by molar-refractivity contribution is 7.89. The van der Waals surface area contributed by atoms with Crippen molar-refractivity contribution in [1.82, 2.24) is 4.72 Å². The van der Waals surface area contributed by atoms with E-state index < -0.39 is 46.8 Å². The highest BCUT2D eigenvalue weighted by atomic mass is 32.2. The van der Waals surface area contributed by atoms with Crippen molar-refractivity contribution in [2.24, 2.45) is 0 Å². The molecule has 3 N–H and O–H groups in total. The van der Waals surface area contributed by atoms with Gasteiger partial charge in [-0.15, -0.1) is 0 Å². The maximum Gasteiger partial charge on any atom is 0.337 e. The Morgan fingerprint density at radius 1 is 1.26 bits per heavy atom. The van der Waals surface area contributed by atoms with Gasteiger partial charge in [0.15, 0.2) is 0 Å². The second kappa shape index (κ2) is 7.70. The number of nitrogens with one attached hydrogen (secondary N) is 1. The van der Waals surface area contributed by atoms with Crippen LogP contribution in [0.3, 0.4) is 0 Å². The summed E-state index contributed by atoms with van der Waals surface area (Å²) in [6, 6.07) is 3.24. The van der Waals surface area contributed by atoms with E-state index in [2.05, 4.69) is 4.74 Å². The quantitative estimate of drug-likeness (QED) is 0.561. The minimum atomic E-state index is -4.25. The number of hydrogen-bond donors (Lipinski definition) is 3. The number of benzene rings is 1. The van der Waals surface area contributed by atoms with Crippen LogP contribution in [-0.4, -0.2) is 49.7 Å². The molecule has 0 heterocycles. The summed E-state index contributed by atoms with van der Waals surface area (Å²) >= 11 is 0. The summed E-state index contributed by atoms with van der Waals surface area (Å²) in [6.45, 7) is 0. The lowest BCUT2D eigenvalue weighted by Gasteiger charge is -2.14. The highest BCUT2D eigenvalue weighted by Crippen LogP contribution is 2.14. The molecule has 0 aliphatic rings. The molecule has 0 radical (unpaired) electrons. The zero-order valence-corrected chi connectivity index (χ0v) is 12.9. The van der Waals surface area contributed by atoms with Crippen LogP contribution in [0.1, 0.15) is 23.2 Å². The van der Waals surface area contributed by atoms with Crippen molar-refractivity contribution in [2.45, 2.75) is 23.8 Å². The molecule has 1 atom stereocenters. The number of esters is 1. The fraction of sp³-hybridized carbons (Fsp3) is 0.308. The van der Waals surface area contributed by atoms with E-state index in [1.807, 2.05) is 4.72 Å². The van der Waals surface area contributed by atoms with Gasteiger partial charge < -0.3 is 14.9 Å². The summed E-state index contributed by atoms with van der Waals surface area (Å²) in [7, 11) is -3.12. The standard InChI is InChI=1S/C13H15NO8S/c1-22-13(19)8-3-2-4-9(7-8)23(20,21)14-10(12(17)18)5-6-11(15)16/h2-4,7,10,14H,5-6H2,1H3,(H,15,16)(H,17,18)/t10-/m0/s1. The molecular weight excluding hydrogens is 330 g/mol. The second-order valence-corrected chi connectivity index (χ2v) is 6.18. The molecule has 0 saturated carbocycles. The molecule has 23 heavy (non-hydrogen) atoms. The Balaban J connectivity index is 3.03. The first-order chi connectivity index (χ1) is 10.7. The van der Waals surface area contributed by atoms with Crippen LogP contribution in [0.15, 0.2) is 29.2 Å². The number of sulfonamides is 1. The van der Waals surface area contributed by atoms with Gasteiger partial charge in [0.25, 0.3) is 0 Å². The predicted octanol–water partition coefficient (Wildman–Crippen LogP) is 0.0695. The van der Waals surface area contributed by atoms with Gasteiger partial charge in [-0.3, -0.25) is 9.59 Å². The van der Waals surface area contributed by atoms with Crippen molar-refractivity contribution in [1.29, 1.82) is 0 Å². The molecule has 0 spiro atoms. The molecule has 126 valence electrons. The zero-order valence-electron chi connectivity index (χ0n) is 12.1. The molecule has 9 nitrogen and oxygen atoms in total. The Hall–Kier alpha value is -2.46. The normalized spacial score (nSPS) is 12.4. The Morgan fingerprint density at radius 3 is 2.43 bits per heavy atom. The van der Waals surface area contributed by atoms with Gasteiger partial charge in [0.2, 0.25) is 10.0 Å². The maximum atomic E-state index is 12.2. The fourth-order valence-corrected chi connectivity index (χ4v) is 2.93. The molecule has 1 rings (SSSR count). The average Bonchev–Trinajstić information content (AvgIpc) is 2.50. The summed E-state index contributed by atoms with van der Waals surface area (Å²) in [6.07, 6.45) is -0.928. The van der Waals surface area contributed by atoms with E-state index in [1.54, 1.807) is 0 Å². The lowest BCUT2D eigenvalue weighted by Crippen LogP contribution is -2.41. The third kappa shape index (κ3) is 5.34. The fourth-order valence-electron chi connectivity index (χ4n) is 1.66. The molecule has 0 amide bonds.